The third-order valence-corrected chi connectivity index (χ3v) is 3.35. The fourth-order valence-corrected chi connectivity index (χ4v) is 2.41. The van der Waals surface area contributed by atoms with E-state index in [1.165, 1.54) is 0 Å². The summed E-state index contributed by atoms with van der Waals surface area (Å²) in [6.07, 6.45) is 4.67. The van der Waals surface area contributed by atoms with Crippen LogP contribution in [0.3, 0.4) is 0 Å². The van der Waals surface area contributed by atoms with Crippen LogP contribution < -0.4 is 5.32 Å². The van der Waals surface area contributed by atoms with Crippen LogP contribution in [-0.2, 0) is 18.4 Å². The predicted molar refractivity (Wildman–Crippen MR) is 57.6 cm³/mol. The fraction of sp³-hybridized carbons (Fsp3) is 0.667. The molecule has 0 bridgehead atoms. The molecule has 0 unspecified atom stereocenters. The number of hydrogen-bond donors (Lipinski definition) is 1. The quantitative estimate of drug-likeness (QED) is 0.526. The molecule has 0 radical (unpaired) electrons. The monoisotopic (exact) mass is 233 g/mol. The Morgan fingerprint density at radius 1 is 1.40 bits per heavy atom. The summed E-state index contributed by atoms with van der Waals surface area (Å²) in [5.74, 6) is 1.81. The Labute approximate surface area is 90.1 Å². The molecule has 86 valence electrons. The molecule has 0 aliphatic carbocycles. The molecule has 0 rings (SSSR count). The average molecular weight is 233 g/mol. The van der Waals surface area contributed by atoms with Gasteiger partial charge < -0.3 is 14.4 Å². The van der Waals surface area contributed by atoms with Gasteiger partial charge in [-0.3, -0.25) is 9.36 Å². The smallest absolute Gasteiger partial charge is 0.340 e. The lowest BCUT2D eigenvalue weighted by Gasteiger charge is -2.15. The van der Waals surface area contributed by atoms with E-state index < -0.39 is 13.5 Å². The van der Waals surface area contributed by atoms with Gasteiger partial charge in [-0.05, 0) is 13.8 Å². The SMILES string of the molecule is C#CCNC(=O)CP(=O)(OCC)OCC. The Kier molecular flexibility index (Phi) is 7.06. The lowest BCUT2D eigenvalue weighted by Crippen LogP contribution is -2.27. The van der Waals surface area contributed by atoms with Crippen molar-refractivity contribution >= 4 is 13.5 Å². The topological polar surface area (TPSA) is 64.6 Å². The van der Waals surface area contributed by atoms with E-state index in [1.807, 2.05) is 0 Å². The first-order chi connectivity index (χ1) is 7.08. The number of terminal acetylenes is 1. The van der Waals surface area contributed by atoms with Crippen LogP contribution in [0.15, 0.2) is 0 Å². The minimum absolute atomic E-state index is 0.108. The van der Waals surface area contributed by atoms with Gasteiger partial charge in [-0.1, -0.05) is 5.92 Å². The van der Waals surface area contributed by atoms with Gasteiger partial charge >= 0.3 is 7.60 Å². The van der Waals surface area contributed by atoms with Gasteiger partial charge in [0.05, 0.1) is 19.8 Å². The Hall–Kier alpha value is -0.820. The Morgan fingerprint density at radius 3 is 2.33 bits per heavy atom. The molecule has 6 heteroatoms. The Balaban J connectivity index is 4.22. The molecule has 0 atom stereocenters. The molecule has 15 heavy (non-hydrogen) atoms. The summed E-state index contributed by atoms with van der Waals surface area (Å²) in [5.41, 5.74) is 0. The Bertz CT molecular complexity index is 274. The van der Waals surface area contributed by atoms with Crippen molar-refractivity contribution in [2.45, 2.75) is 13.8 Å². The summed E-state index contributed by atoms with van der Waals surface area (Å²) >= 11 is 0. The summed E-state index contributed by atoms with van der Waals surface area (Å²) in [6, 6.07) is 0. The first-order valence-electron chi connectivity index (χ1n) is 4.66. The first kappa shape index (κ1) is 14.2. The van der Waals surface area contributed by atoms with Crippen molar-refractivity contribution in [3.63, 3.8) is 0 Å². The molecule has 5 nitrogen and oxygen atoms in total. The zero-order valence-electron chi connectivity index (χ0n) is 8.99. The average Bonchev–Trinajstić information content (AvgIpc) is 2.15. The zero-order chi connectivity index (χ0) is 11.7. The highest BCUT2D eigenvalue weighted by Gasteiger charge is 2.27. The highest BCUT2D eigenvalue weighted by Crippen LogP contribution is 2.47. The van der Waals surface area contributed by atoms with Crippen LogP contribution in [0.5, 0.6) is 0 Å². The van der Waals surface area contributed by atoms with Crippen LogP contribution in [0.1, 0.15) is 13.8 Å². The van der Waals surface area contributed by atoms with E-state index in [9.17, 15) is 9.36 Å². The van der Waals surface area contributed by atoms with Crippen molar-refractivity contribution in [3.8, 4) is 12.3 Å². The van der Waals surface area contributed by atoms with Gasteiger partial charge in [0, 0.05) is 0 Å². The lowest BCUT2D eigenvalue weighted by molar-refractivity contribution is -0.118. The number of nitrogens with one attached hydrogen (secondary N) is 1. The third kappa shape index (κ3) is 6.29. The minimum atomic E-state index is -3.30. The maximum atomic E-state index is 11.8. The summed E-state index contributed by atoms with van der Waals surface area (Å²) in [5, 5.41) is 2.40. The maximum absolute atomic E-state index is 11.8. The van der Waals surface area contributed by atoms with Gasteiger partial charge in [0.15, 0.2) is 0 Å². The molecule has 0 spiro atoms. The molecule has 0 aromatic carbocycles. The summed E-state index contributed by atoms with van der Waals surface area (Å²) in [7, 11) is -3.30. The van der Waals surface area contributed by atoms with Crippen LogP contribution >= 0.6 is 7.60 Å². The highest BCUT2D eigenvalue weighted by atomic mass is 31.2. The molecule has 0 saturated carbocycles. The summed E-state index contributed by atoms with van der Waals surface area (Å²) < 4.78 is 21.7. The second kappa shape index (κ2) is 7.47. The Morgan fingerprint density at radius 2 is 1.93 bits per heavy atom. The van der Waals surface area contributed by atoms with E-state index in [4.69, 9.17) is 15.5 Å². The molecule has 0 aromatic rings. The van der Waals surface area contributed by atoms with Gasteiger partial charge in [-0.2, -0.15) is 0 Å². The number of amides is 1. The number of rotatable bonds is 7. The van der Waals surface area contributed by atoms with Gasteiger partial charge in [-0.25, -0.2) is 0 Å². The minimum Gasteiger partial charge on any atom is -0.345 e. The summed E-state index contributed by atoms with van der Waals surface area (Å²) in [4.78, 5) is 11.2. The molecule has 0 aliphatic heterocycles. The first-order valence-corrected chi connectivity index (χ1v) is 6.39. The van der Waals surface area contributed by atoms with Gasteiger partial charge in [-0.15, -0.1) is 6.42 Å². The second-order valence-electron chi connectivity index (χ2n) is 2.59. The van der Waals surface area contributed by atoms with Crippen LogP contribution in [0.2, 0.25) is 0 Å². The van der Waals surface area contributed by atoms with Crippen molar-refractivity contribution in [3.05, 3.63) is 0 Å². The van der Waals surface area contributed by atoms with Gasteiger partial charge in [0.2, 0.25) is 5.91 Å². The van der Waals surface area contributed by atoms with Crippen LogP contribution in [-0.4, -0.2) is 31.8 Å². The van der Waals surface area contributed by atoms with Crippen molar-refractivity contribution in [1.29, 1.82) is 0 Å². The van der Waals surface area contributed by atoms with Gasteiger partial charge in [0.25, 0.3) is 0 Å². The highest BCUT2D eigenvalue weighted by molar-refractivity contribution is 7.54. The van der Waals surface area contributed by atoms with Crippen molar-refractivity contribution in [2.75, 3.05) is 25.9 Å². The molecular formula is C9H16NO4P. The predicted octanol–water partition coefficient (Wildman–Crippen LogP) is 1.00. The van der Waals surface area contributed by atoms with Crippen molar-refractivity contribution in [1.82, 2.24) is 5.32 Å². The second-order valence-corrected chi connectivity index (χ2v) is 4.64. The van der Waals surface area contributed by atoms with E-state index in [2.05, 4.69) is 11.2 Å². The van der Waals surface area contributed by atoms with E-state index in [0.717, 1.165) is 0 Å². The largest absolute Gasteiger partial charge is 0.345 e. The number of carbonyl (C=O) groups is 1. The standard InChI is InChI=1S/C9H16NO4P/c1-4-7-10-9(11)8-15(12,13-5-2)14-6-3/h1H,5-8H2,2-3H3,(H,10,11). The third-order valence-electron chi connectivity index (χ3n) is 1.38. The molecule has 1 N–H and O–H groups in total. The normalized spacial score (nSPS) is 10.7. The molecule has 0 saturated heterocycles. The molecule has 0 aliphatic rings. The molecule has 0 fully saturated rings. The van der Waals surface area contributed by atoms with E-state index >= 15 is 0 Å². The summed E-state index contributed by atoms with van der Waals surface area (Å²) in [6.45, 7) is 3.95. The van der Waals surface area contributed by atoms with Crippen molar-refractivity contribution < 1.29 is 18.4 Å². The number of hydrogen-bond acceptors (Lipinski definition) is 4. The molecule has 0 heterocycles. The van der Waals surface area contributed by atoms with Crippen LogP contribution in [0, 0.1) is 12.3 Å². The molecular weight excluding hydrogens is 217 g/mol. The zero-order valence-corrected chi connectivity index (χ0v) is 9.88. The van der Waals surface area contributed by atoms with Crippen LogP contribution in [0.4, 0.5) is 0 Å². The molecule has 1 amide bonds. The van der Waals surface area contributed by atoms with E-state index in [1.54, 1.807) is 13.8 Å². The maximum Gasteiger partial charge on any atom is 0.340 e. The fourth-order valence-electron chi connectivity index (χ4n) is 0.903. The van der Waals surface area contributed by atoms with E-state index in [-0.39, 0.29) is 25.9 Å². The van der Waals surface area contributed by atoms with Crippen LogP contribution in [0.25, 0.3) is 0 Å². The van der Waals surface area contributed by atoms with E-state index in [0.29, 0.717) is 0 Å². The lowest BCUT2D eigenvalue weighted by atomic mass is 10.6. The van der Waals surface area contributed by atoms with Gasteiger partial charge in [0.1, 0.15) is 6.16 Å². The van der Waals surface area contributed by atoms with Crippen molar-refractivity contribution in [2.24, 2.45) is 0 Å². The number of carbonyl (C=O) groups excluding carboxylic acids is 1. The molecule has 0 aromatic heterocycles.